The predicted octanol–water partition coefficient (Wildman–Crippen LogP) is 1.94. The number of rotatable bonds is 10. The van der Waals surface area contributed by atoms with Crippen molar-refractivity contribution in [1.29, 1.82) is 0 Å². The Bertz CT molecular complexity index is 997. The lowest BCUT2D eigenvalue weighted by Crippen LogP contribution is -2.58. The second-order valence-corrected chi connectivity index (χ2v) is 12.6. The summed E-state index contributed by atoms with van der Waals surface area (Å²) >= 11 is 1.30. The maximum Gasteiger partial charge on any atom is 0.397 e. The summed E-state index contributed by atoms with van der Waals surface area (Å²) < 4.78 is 42.4. The molecule has 0 aromatic carbocycles. The summed E-state index contributed by atoms with van der Waals surface area (Å²) in [5.74, 6) is -1.67. The zero-order valence-electron chi connectivity index (χ0n) is 20.0. The SMILES string of the molecule is C=C1CC[C@@H]2[C@](C)(CO)[C@H](OS(=O)(=O)O)CC[C@@]2(C)[C@@H]1C[C@H](SC[C@H](N)C(=O)O)C1=CCOC1=O. The third kappa shape index (κ3) is 5.78. The maximum absolute atomic E-state index is 12.4. The van der Waals surface area contributed by atoms with Crippen LogP contribution >= 0.6 is 11.8 Å². The van der Waals surface area contributed by atoms with Crippen LogP contribution in [0.3, 0.4) is 0 Å². The Morgan fingerprint density at radius 3 is 2.63 bits per heavy atom. The topological polar surface area (TPSA) is 173 Å². The molecule has 0 aromatic heterocycles. The summed E-state index contributed by atoms with van der Waals surface area (Å²) in [7, 11) is -4.70. The summed E-state index contributed by atoms with van der Waals surface area (Å²) in [6, 6.07) is -1.08. The number of aliphatic hydroxyl groups excluding tert-OH is 1. The third-order valence-electron chi connectivity index (χ3n) is 8.24. The Labute approximate surface area is 210 Å². The number of cyclic esters (lactones) is 1. The van der Waals surface area contributed by atoms with Crippen molar-refractivity contribution in [1.82, 2.24) is 0 Å². The van der Waals surface area contributed by atoms with Crippen LogP contribution in [-0.2, 0) is 28.9 Å². The van der Waals surface area contributed by atoms with E-state index in [0.717, 1.165) is 5.57 Å². The van der Waals surface area contributed by atoms with Crippen LogP contribution in [0.15, 0.2) is 23.8 Å². The number of carboxylic acid groups (broad SMARTS) is 1. The molecule has 2 aliphatic carbocycles. The van der Waals surface area contributed by atoms with Gasteiger partial charge in [0.15, 0.2) is 0 Å². The van der Waals surface area contributed by atoms with Crippen molar-refractivity contribution in [2.24, 2.45) is 28.4 Å². The van der Waals surface area contributed by atoms with Crippen molar-refractivity contribution in [2.45, 2.75) is 63.3 Å². The highest BCUT2D eigenvalue weighted by atomic mass is 32.3. The van der Waals surface area contributed by atoms with Crippen molar-refractivity contribution < 1.29 is 41.7 Å². The number of carbonyl (C=O) groups excluding carboxylic acids is 1. The molecule has 3 rings (SSSR count). The van der Waals surface area contributed by atoms with E-state index >= 15 is 0 Å². The molecule has 0 saturated heterocycles. The zero-order chi connectivity index (χ0) is 26.2. The molecule has 0 radical (unpaired) electrons. The molecule has 2 saturated carbocycles. The first-order valence-electron chi connectivity index (χ1n) is 11.6. The number of allylic oxidation sites excluding steroid dienone is 1. The van der Waals surface area contributed by atoms with Gasteiger partial charge >= 0.3 is 22.3 Å². The molecule has 5 N–H and O–H groups in total. The van der Waals surface area contributed by atoms with Gasteiger partial charge in [-0.25, -0.2) is 8.98 Å². The fraction of sp³-hybridized carbons (Fsp3) is 0.739. The molecular weight excluding hydrogens is 498 g/mol. The lowest BCUT2D eigenvalue weighted by atomic mass is 9.46. The van der Waals surface area contributed by atoms with Gasteiger partial charge in [0.1, 0.15) is 12.6 Å². The largest absolute Gasteiger partial charge is 0.480 e. The maximum atomic E-state index is 12.4. The van der Waals surface area contributed by atoms with Crippen LogP contribution in [0.2, 0.25) is 0 Å². The molecule has 12 heteroatoms. The van der Waals surface area contributed by atoms with Crippen molar-refractivity contribution in [3.8, 4) is 0 Å². The standard InChI is InChI=1S/C23H35NO9S2/c1-13-4-5-18-22(2,8-6-19(23(18,3)12-25)33-35(29,30)31)15(13)10-17(14-7-9-32-21(14)28)34-11-16(24)20(26)27/h7,15-19,25H,1,4-6,8-12,24H2,2-3H3,(H,26,27)(H,29,30,31)/t15-,16+,17+,18+,19-,22+,23+/m1/s1. The van der Waals surface area contributed by atoms with Crippen molar-refractivity contribution in [3.63, 3.8) is 0 Å². The van der Waals surface area contributed by atoms with Crippen LogP contribution in [0.25, 0.3) is 0 Å². The first-order chi connectivity index (χ1) is 16.2. The van der Waals surface area contributed by atoms with Gasteiger partial charge in [-0.3, -0.25) is 9.35 Å². The van der Waals surface area contributed by atoms with Crippen LogP contribution in [0.5, 0.6) is 0 Å². The van der Waals surface area contributed by atoms with E-state index in [1.54, 1.807) is 13.0 Å². The Balaban J connectivity index is 1.91. The summed E-state index contributed by atoms with van der Waals surface area (Å²) in [6.07, 6.45) is 3.52. The average molecular weight is 534 g/mol. The van der Waals surface area contributed by atoms with Crippen molar-refractivity contribution in [2.75, 3.05) is 19.0 Å². The predicted molar refractivity (Wildman–Crippen MR) is 130 cm³/mol. The number of hydrogen-bond acceptors (Lipinski definition) is 9. The Hall–Kier alpha value is -1.44. The number of carboxylic acids is 1. The highest BCUT2D eigenvalue weighted by molar-refractivity contribution is 8.00. The summed E-state index contributed by atoms with van der Waals surface area (Å²) in [5, 5.41) is 19.2. The van der Waals surface area contributed by atoms with E-state index in [4.69, 9.17) is 14.7 Å². The minimum absolute atomic E-state index is 0.0911. The first-order valence-corrected chi connectivity index (χ1v) is 14.1. The molecule has 35 heavy (non-hydrogen) atoms. The zero-order valence-corrected chi connectivity index (χ0v) is 21.6. The molecule has 1 aliphatic heterocycles. The van der Waals surface area contributed by atoms with E-state index in [9.17, 15) is 32.8 Å². The average Bonchev–Trinajstić information content (AvgIpc) is 3.19. The summed E-state index contributed by atoms with van der Waals surface area (Å²) in [5.41, 5.74) is 5.88. The van der Waals surface area contributed by atoms with E-state index in [-0.39, 0.29) is 36.1 Å². The number of fused-ring (bicyclic) bond motifs is 1. The molecular formula is C23H35NO9S2. The number of aliphatic hydroxyl groups is 1. The second kappa shape index (κ2) is 10.5. The van der Waals surface area contributed by atoms with Gasteiger partial charge in [0.2, 0.25) is 0 Å². The van der Waals surface area contributed by atoms with Crippen LogP contribution in [0.4, 0.5) is 0 Å². The molecule has 0 unspecified atom stereocenters. The first kappa shape index (κ1) is 28.1. The number of esters is 1. The third-order valence-corrected chi connectivity index (χ3v) is 10.1. The molecule has 7 atom stereocenters. The van der Waals surface area contributed by atoms with Gasteiger partial charge in [0.05, 0.1) is 12.7 Å². The lowest BCUT2D eigenvalue weighted by molar-refractivity contribution is -0.144. The highest BCUT2D eigenvalue weighted by Gasteiger charge is 2.59. The minimum atomic E-state index is -4.70. The van der Waals surface area contributed by atoms with E-state index in [2.05, 4.69) is 13.5 Å². The molecule has 1 heterocycles. The fourth-order valence-electron chi connectivity index (χ4n) is 6.35. The number of carbonyl (C=O) groups is 2. The Morgan fingerprint density at radius 2 is 2.09 bits per heavy atom. The van der Waals surface area contributed by atoms with Gasteiger partial charge < -0.3 is 20.7 Å². The van der Waals surface area contributed by atoms with Gasteiger partial charge in [0, 0.05) is 22.0 Å². The van der Waals surface area contributed by atoms with E-state index in [1.807, 2.05) is 0 Å². The number of nitrogens with two attached hydrogens (primary N) is 1. The van der Waals surface area contributed by atoms with Crippen LogP contribution in [-0.4, -0.2) is 71.5 Å². The smallest absolute Gasteiger partial charge is 0.397 e. The fourth-order valence-corrected chi connectivity index (χ4v) is 8.24. The van der Waals surface area contributed by atoms with Gasteiger partial charge in [-0.05, 0) is 55.4 Å². The van der Waals surface area contributed by atoms with E-state index in [1.165, 1.54) is 11.8 Å². The van der Waals surface area contributed by atoms with Gasteiger partial charge in [0.25, 0.3) is 0 Å². The molecule has 2 fully saturated rings. The van der Waals surface area contributed by atoms with Crippen LogP contribution in [0, 0.1) is 22.7 Å². The Kier molecular flexibility index (Phi) is 8.45. The molecule has 10 nitrogen and oxygen atoms in total. The molecule has 198 valence electrons. The second-order valence-electron chi connectivity index (χ2n) is 10.3. The van der Waals surface area contributed by atoms with Crippen molar-refractivity contribution in [3.05, 3.63) is 23.8 Å². The van der Waals surface area contributed by atoms with Gasteiger partial charge in [-0.15, -0.1) is 0 Å². The molecule has 0 spiro atoms. The highest BCUT2D eigenvalue weighted by Crippen LogP contribution is 2.63. The van der Waals surface area contributed by atoms with Crippen molar-refractivity contribution >= 4 is 34.1 Å². The summed E-state index contributed by atoms with van der Waals surface area (Å²) in [6.45, 7) is 8.03. The van der Waals surface area contributed by atoms with Gasteiger partial charge in [-0.2, -0.15) is 20.2 Å². The summed E-state index contributed by atoms with van der Waals surface area (Å²) in [4.78, 5) is 23.7. The number of ether oxygens (including phenoxy) is 1. The molecule has 0 bridgehead atoms. The lowest BCUT2D eigenvalue weighted by Gasteiger charge is -2.60. The normalized spacial score (nSPS) is 35.1. The quantitative estimate of drug-likeness (QED) is 0.183. The molecule has 0 amide bonds. The van der Waals surface area contributed by atoms with Crippen LogP contribution in [0.1, 0.15) is 46.0 Å². The number of aliphatic carboxylic acids is 1. The molecule has 0 aromatic rings. The van der Waals surface area contributed by atoms with Gasteiger partial charge in [-0.1, -0.05) is 26.0 Å². The van der Waals surface area contributed by atoms with Crippen LogP contribution < -0.4 is 5.73 Å². The monoisotopic (exact) mass is 533 g/mol. The minimum Gasteiger partial charge on any atom is -0.480 e. The Morgan fingerprint density at radius 1 is 1.40 bits per heavy atom. The molecule has 3 aliphatic rings. The van der Waals surface area contributed by atoms with E-state index in [0.29, 0.717) is 37.7 Å². The number of hydrogen-bond donors (Lipinski definition) is 4. The van der Waals surface area contributed by atoms with E-state index < -0.39 is 45.3 Å². The number of thioether (sulfide) groups is 1.